The third-order valence-corrected chi connectivity index (χ3v) is 4.33. The van der Waals surface area contributed by atoms with E-state index in [0.717, 1.165) is 24.8 Å². The molecule has 1 unspecified atom stereocenters. The zero-order valence-electron chi connectivity index (χ0n) is 13.8. The van der Waals surface area contributed by atoms with Crippen LogP contribution in [0.4, 0.5) is 0 Å². The molecule has 1 atom stereocenters. The number of nitrogens with one attached hydrogen (secondary N) is 1. The zero-order valence-corrected chi connectivity index (χ0v) is 13.8. The number of likely N-dealkylation sites (tertiary alicyclic amines) is 1. The highest BCUT2D eigenvalue weighted by molar-refractivity contribution is 5.75. The van der Waals surface area contributed by atoms with Gasteiger partial charge in [-0.15, -0.1) is 0 Å². The van der Waals surface area contributed by atoms with E-state index in [1.807, 2.05) is 0 Å². The molecule has 1 aliphatic heterocycles. The van der Waals surface area contributed by atoms with Gasteiger partial charge in [-0.2, -0.15) is 0 Å². The highest BCUT2D eigenvalue weighted by atomic mass is 16.5. The highest BCUT2D eigenvalue weighted by Gasteiger charge is 2.24. The van der Waals surface area contributed by atoms with E-state index in [0.29, 0.717) is 6.04 Å². The number of carbonyl (C=O) groups excluding carboxylic acids is 1. The van der Waals surface area contributed by atoms with E-state index < -0.39 is 0 Å². The highest BCUT2D eigenvalue weighted by Crippen LogP contribution is 2.24. The topological polar surface area (TPSA) is 41.6 Å². The standard InChI is InChI=1S/C16H32N2O2/c1-12(2)14-6-9-18(10-7-14)11-8-15(16(19)20-5)17-13(3)4/h12-15,17H,6-11H2,1-5H3. The molecule has 1 fully saturated rings. The van der Waals surface area contributed by atoms with Gasteiger partial charge in [0.2, 0.25) is 0 Å². The normalized spacial score (nSPS) is 19.6. The molecule has 4 nitrogen and oxygen atoms in total. The SMILES string of the molecule is COC(=O)C(CCN1CCC(C(C)C)CC1)NC(C)C. The minimum Gasteiger partial charge on any atom is -0.468 e. The van der Waals surface area contributed by atoms with E-state index in [1.165, 1.54) is 33.0 Å². The first-order valence-electron chi connectivity index (χ1n) is 8.00. The quantitative estimate of drug-likeness (QED) is 0.728. The van der Waals surface area contributed by atoms with Crippen LogP contribution < -0.4 is 5.32 Å². The number of hydrogen-bond acceptors (Lipinski definition) is 4. The second kappa shape index (κ2) is 8.63. The van der Waals surface area contributed by atoms with Crippen LogP contribution in [0.25, 0.3) is 0 Å². The average molecular weight is 284 g/mol. The number of ether oxygens (including phenoxy) is 1. The van der Waals surface area contributed by atoms with Crippen LogP contribution >= 0.6 is 0 Å². The molecule has 0 spiro atoms. The smallest absolute Gasteiger partial charge is 0.322 e. The van der Waals surface area contributed by atoms with Crippen LogP contribution in [0.5, 0.6) is 0 Å². The molecular weight excluding hydrogens is 252 g/mol. The van der Waals surface area contributed by atoms with Gasteiger partial charge >= 0.3 is 5.97 Å². The summed E-state index contributed by atoms with van der Waals surface area (Å²) in [6.45, 7) is 12.1. The summed E-state index contributed by atoms with van der Waals surface area (Å²) in [6, 6.07) is 0.119. The van der Waals surface area contributed by atoms with E-state index in [9.17, 15) is 4.79 Å². The van der Waals surface area contributed by atoms with Gasteiger partial charge in [-0.1, -0.05) is 27.7 Å². The van der Waals surface area contributed by atoms with Crippen LogP contribution in [0, 0.1) is 11.8 Å². The van der Waals surface area contributed by atoms with Gasteiger partial charge in [-0.05, 0) is 44.2 Å². The van der Waals surface area contributed by atoms with Crippen molar-refractivity contribution in [2.24, 2.45) is 11.8 Å². The van der Waals surface area contributed by atoms with Crippen LogP contribution in [0.2, 0.25) is 0 Å². The maximum atomic E-state index is 11.8. The van der Waals surface area contributed by atoms with Gasteiger partial charge in [0.15, 0.2) is 0 Å². The summed E-state index contributed by atoms with van der Waals surface area (Å²) in [5.74, 6) is 1.52. The fourth-order valence-electron chi connectivity index (χ4n) is 2.97. The third kappa shape index (κ3) is 5.80. The largest absolute Gasteiger partial charge is 0.468 e. The summed E-state index contributed by atoms with van der Waals surface area (Å²) < 4.78 is 4.88. The number of piperidine rings is 1. The van der Waals surface area contributed by atoms with Crippen molar-refractivity contribution in [3.05, 3.63) is 0 Å². The lowest BCUT2D eigenvalue weighted by molar-refractivity contribution is -0.143. The van der Waals surface area contributed by atoms with Crippen LogP contribution in [0.1, 0.15) is 47.0 Å². The molecule has 0 saturated carbocycles. The molecular formula is C16H32N2O2. The van der Waals surface area contributed by atoms with Crippen molar-refractivity contribution in [3.8, 4) is 0 Å². The second-order valence-electron chi connectivity index (χ2n) is 6.61. The Morgan fingerprint density at radius 1 is 1.25 bits per heavy atom. The molecule has 0 bridgehead atoms. The minimum absolute atomic E-state index is 0.143. The van der Waals surface area contributed by atoms with Crippen molar-refractivity contribution in [3.63, 3.8) is 0 Å². The van der Waals surface area contributed by atoms with Gasteiger partial charge in [0.1, 0.15) is 6.04 Å². The van der Waals surface area contributed by atoms with Crippen molar-refractivity contribution in [2.75, 3.05) is 26.7 Å². The monoisotopic (exact) mass is 284 g/mol. The number of carbonyl (C=O) groups is 1. The van der Waals surface area contributed by atoms with Crippen molar-refractivity contribution in [1.82, 2.24) is 10.2 Å². The molecule has 0 aromatic carbocycles. The Morgan fingerprint density at radius 3 is 2.30 bits per heavy atom. The summed E-state index contributed by atoms with van der Waals surface area (Å²) in [6.07, 6.45) is 3.41. The van der Waals surface area contributed by atoms with Crippen molar-refractivity contribution >= 4 is 5.97 Å². The lowest BCUT2D eigenvalue weighted by Gasteiger charge is -2.34. The molecule has 20 heavy (non-hydrogen) atoms. The maximum Gasteiger partial charge on any atom is 0.322 e. The average Bonchev–Trinajstić information content (AvgIpc) is 2.42. The zero-order chi connectivity index (χ0) is 15.1. The Balaban J connectivity index is 2.35. The lowest BCUT2D eigenvalue weighted by atomic mass is 9.86. The van der Waals surface area contributed by atoms with Gasteiger partial charge < -0.3 is 15.0 Å². The summed E-state index contributed by atoms with van der Waals surface area (Å²) in [4.78, 5) is 14.2. The first-order valence-corrected chi connectivity index (χ1v) is 8.00. The van der Waals surface area contributed by atoms with Gasteiger partial charge in [-0.3, -0.25) is 4.79 Å². The Kier molecular flexibility index (Phi) is 7.52. The second-order valence-corrected chi connectivity index (χ2v) is 6.61. The Labute approximate surface area is 124 Å². The molecule has 0 aromatic heterocycles. The van der Waals surface area contributed by atoms with E-state index in [4.69, 9.17) is 4.74 Å². The molecule has 0 radical (unpaired) electrons. The van der Waals surface area contributed by atoms with Crippen molar-refractivity contribution in [2.45, 2.75) is 59.0 Å². The Hall–Kier alpha value is -0.610. The molecule has 4 heteroatoms. The molecule has 1 N–H and O–H groups in total. The summed E-state index contributed by atoms with van der Waals surface area (Å²) in [5, 5.41) is 3.30. The predicted molar refractivity (Wildman–Crippen MR) is 82.7 cm³/mol. The van der Waals surface area contributed by atoms with Crippen molar-refractivity contribution < 1.29 is 9.53 Å². The van der Waals surface area contributed by atoms with E-state index in [2.05, 4.69) is 37.9 Å². The maximum absolute atomic E-state index is 11.8. The molecule has 1 heterocycles. The fraction of sp³-hybridized carbons (Fsp3) is 0.938. The fourth-order valence-corrected chi connectivity index (χ4v) is 2.97. The number of nitrogens with zero attached hydrogens (tertiary/aromatic N) is 1. The summed E-state index contributed by atoms with van der Waals surface area (Å²) >= 11 is 0. The number of rotatable bonds is 7. The molecule has 118 valence electrons. The van der Waals surface area contributed by atoms with Crippen molar-refractivity contribution in [1.29, 1.82) is 0 Å². The first-order chi connectivity index (χ1) is 9.43. The van der Waals surface area contributed by atoms with Crippen LogP contribution in [-0.2, 0) is 9.53 Å². The molecule has 1 aliphatic rings. The number of methoxy groups -OCH3 is 1. The van der Waals surface area contributed by atoms with Gasteiger partial charge in [0.05, 0.1) is 7.11 Å². The Bertz CT molecular complexity index is 284. The van der Waals surface area contributed by atoms with E-state index in [1.54, 1.807) is 0 Å². The molecule has 1 rings (SSSR count). The lowest BCUT2D eigenvalue weighted by Crippen LogP contribution is -2.45. The number of hydrogen-bond donors (Lipinski definition) is 1. The first kappa shape index (κ1) is 17.4. The van der Waals surface area contributed by atoms with E-state index >= 15 is 0 Å². The molecule has 0 amide bonds. The predicted octanol–water partition coefficient (Wildman–Crippen LogP) is 2.28. The molecule has 0 aromatic rings. The van der Waals surface area contributed by atoms with Crippen LogP contribution in [0.15, 0.2) is 0 Å². The van der Waals surface area contributed by atoms with Gasteiger partial charge in [0.25, 0.3) is 0 Å². The third-order valence-electron chi connectivity index (χ3n) is 4.33. The number of esters is 1. The Morgan fingerprint density at radius 2 is 1.85 bits per heavy atom. The van der Waals surface area contributed by atoms with Crippen LogP contribution in [0.3, 0.4) is 0 Å². The molecule has 0 aliphatic carbocycles. The van der Waals surface area contributed by atoms with Crippen LogP contribution in [-0.4, -0.2) is 49.7 Å². The summed E-state index contributed by atoms with van der Waals surface area (Å²) in [7, 11) is 1.46. The minimum atomic E-state index is -0.178. The summed E-state index contributed by atoms with van der Waals surface area (Å²) in [5.41, 5.74) is 0. The van der Waals surface area contributed by atoms with Gasteiger partial charge in [-0.25, -0.2) is 0 Å². The van der Waals surface area contributed by atoms with E-state index in [-0.39, 0.29) is 12.0 Å². The van der Waals surface area contributed by atoms with Gasteiger partial charge in [0, 0.05) is 12.6 Å². The molecule has 1 saturated heterocycles.